The molecule has 0 aliphatic carbocycles. The van der Waals surface area contributed by atoms with E-state index >= 15 is 0 Å². The van der Waals surface area contributed by atoms with Gasteiger partial charge in [-0.2, -0.15) is 0 Å². The van der Waals surface area contributed by atoms with Crippen LogP contribution < -0.4 is 4.74 Å². The second-order valence-corrected chi connectivity index (χ2v) is 8.01. The summed E-state index contributed by atoms with van der Waals surface area (Å²) in [5.74, 6) is 1.52. The van der Waals surface area contributed by atoms with Crippen molar-refractivity contribution in [1.82, 2.24) is 0 Å². The monoisotopic (exact) mass is 406 g/mol. The maximum atomic E-state index is 10.3. The number of aliphatic hydroxyl groups excluding tert-OH is 4. The standard InChI is InChI=1S/C21H26O6S/c1-2-28-15-9-7-13(8-10-15)11-14-5-3-4-6-16(14)26-20-19(24)18(23)17(12-22)27-21(20)25/h3-10,17-25H,2,11-12H2,1H3/t17-,18-,19+,20-,21?/m1/s1. The fourth-order valence-corrected chi connectivity index (χ4v) is 3.86. The Labute approximate surface area is 168 Å². The molecule has 0 bridgehead atoms. The van der Waals surface area contributed by atoms with Gasteiger partial charge in [0.2, 0.25) is 0 Å². The second kappa shape index (κ2) is 9.73. The molecule has 4 N–H and O–H groups in total. The van der Waals surface area contributed by atoms with Gasteiger partial charge in [0.05, 0.1) is 6.61 Å². The number of hydrogen-bond acceptors (Lipinski definition) is 7. The first-order valence-electron chi connectivity index (χ1n) is 9.30. The summed E-state index contributed by atoms with van der Waals surface area (Å²) < 4.78 is 11.0. The maximum Gasteiger partial charge on any atom is 0.195 e. The van der Waals surface area contributed by atoms with E-state index in [0.29, 0.717) is 12.2 Å². The van der Waals surface area contributed by atoms with Crippen molar-refractivity contribution in [2.75, 3.05) is 12.4 Å². The number of rotatable bonds is 7. The molecule has 0 aromatic heterocycles. The number of hydrogen-bond donors (Lipinski definition) is 4. The quantitative estimate of drug-likeness (QED) is 0.518. The Balaban J connectivity index is 1.75. The molecule has 28 heavy (non-hydrogen) atoms. The van der Waals surface area contributed by atoms with Gasteiger partial charge in [0.25, 0.3) is 0 Å². The molecule has 0 radical (unpaired) electrons. The van der Waals surface area contributed by atoms with Crippen LogP contribution in [0.25, 0.3) is 0 Å². The number of aliphatic hydroxyl groups is 4. The minimum Gasteiger partial charge on any atom is -0.482 e. The Kier molecular flexibility index (Phi) is 7.34. The zero-order valence-corrected chi connectivity index (χ0v) is 16.5. The lowest BCUT2D eigenvalue weighted by atomic mass is 9.98. The Morgan fingerprint density at radius 2 is 1.71 bits per heavy atom. The van der Waals surface area contributed by atoms with Gasteiger partial charge in [-0.1, -0.05) is 37.3 Å². The summed E-state index contributed by atoms with van der Waals surface area (Å²) in [6.45, 7) is 1.61. The summed E-state index contributed by atoms with van der Waals surface area (Å²) in [5, 5.41) is 39.7. The molecule has 6 nitrogen and oxygen atoms in total. The van der Waals surface area contributed by atoms with Gasteiger partial charge < -0.3 is 29.9 Å². The SMILES string of the molecule is CCSc1ccc(Cc2ccccc2O[C@H]2C(O)O[C@H](CO)[C@@H](O)[C@@H]2O)cc1. The molecular weight excluding hydrogens is 380 g/mol. The fraction of sp³-hybridized carbons (Fsp3) is 0.429. The van der Waals surface area contributed by atoms with Crippen LogP contribution in [0.1, 0.15) is 18.1 Å². The van der Waals surface area contributed by atoms with E-state index < -0.39 is 37.3 Å². The van der Waals surface area contributed by atoms with E-state index in [-0.39, 0.29) is 0 Å². The molecule has 1 aliphatic rings. The molecule has 2 aromatic rings. The summed E-state index contributed by atoms with van der Waals surface area (Å²) in [4.78, 5) is 1.22. The van der Waals surface area contributed by atoms with Gasteiger partial charge in [-0.05, 0) is 35.1 Å². The molecule has 2 aromatic carbocycles. The smallest absolute Gasteiger partial charge is 0.195 e. The van der Waals surface area contributed by atoms with Gasteiger partial charge >= 0.3 is 0 Å². The molecule has 1 unspecified atom stereocenters. The molecule has 0 amide bonds. The average molecular weight is 407 g/mol. The third-order valence-electron chi connectivity index (χ3n) is 4.71. The zero-order valence-electron chi connectivity index (χ0n) is 15.6. The Morgan fingerprint density at radius 3 is 2.39 bits per heavy atom. The number of para-hydroxylation sites is 1. The predicted molar refractivity (Wildman–Crippen MR) is 106 cm³/mol. The molecule has 152 valence electrons. The van der Waals surface area contributed by atoms with Crippen molar-refractivity contribution in [3.05, 3.63) is 59.7 Å². The Hall–Kier alpha value is -1.61. The topological polar surface area (TPSA) is 99.4 Å². The molecule has 7 heteroatoms. The van der Waals surface area contributed by atoms with Gasteiger partial charge in [-0.3, -0.25) is 0 Å². The van der Waals surface area contributed by atoms with Gasteiger partial charge in [-0.25, -0.2) is 0 Å². The Bertz CT molecular complexity index is 753. The lowest BCUT2D eigenvalue weighted by Gasteiger charge is -2.40. The summed E-state index contributed by atoms with van der Waals surface area (Å²) in [7, 11) is 0. The van der Waals surface area contributed by atoms with E-state index in [0.717, 1.165) is 16.9 Å². The highest BCUT2D eigenvalue weighted by Crippen LogP contribution is 2.28. The molecule has 0 saturated carbocycles. The van der Waals surface area contributed by atoms with Crippen LogP contribution >= 0.6 is 11.8 Å². The number of thioether (sulfide) groups is 1. The van der Waals surface area contributed by atoms with E-state index in [4.69, 9.17) is 9.47 Å². The molecule has 3 rings (SSSR count). The third kappa shape index (κ3) is 4.86. The van der Waals surface area contributed by atoms with Crippen LogP contribution in [0.4, 0.5) is 0 Å². The molecule has 1 saturated heterocycles. The van der Waals surface area contributed by atoms with Crippen molar-refractivity contribution in [3.63, 3.8) is 0 Å². The van der Waals surface area contributed by atoms with E-state index in [1.165, 1.54) is 4.90 Å². The first-order valence-corrected chi connectivity index (χ1v) is 10.3. The second-order valence-electron chi connectivity index (χ2n) is 6.67. The Morgan fingerprint density at radius 1 is 1.00 bits per heavy atom. The predicted octanol–water partition coefficient (Wildman–Crippen LogP) is 1.57. The van der Waals surface area contributed by atoms with E-state index in [2.05, 4.69) is 31.2 Å². The van der Waals surface area contributed by atoms with Crippen LogP contribution in [0.15, 0.2) is 53.4 Å². The van der Waals surface area contributed by atoms with Gasteiger partial charge in [0.15, 0.2) is 12.4 Å². The molecule has 1 fully saturated rings. The first-order chi connectivity index (χ1) is 13.5. The van der Waals surface area contributed by atoms with Crippen molar-refractivity contribution in [1.29, 1.82) is 0 Å². The molecular formula is C21H26O6S. The number of benzene rings is 2. The van der Waals surface area contributed by atoms with Crippen molar-refractivity contribution in [2.24, 2.45) is 0 Å². The van der Waals surface area contributed by atoms with E-state index in [1.54, 1.807) is 23.9 Å². The minimum absolute atomic E-state index is 0.496. The largest absolute Gasteiger partial charge is 0.482 e. The first kappa shape index (κ1) is 21.1. The van der Waals surface area contributed by atoms with Crippen LogP contribution in [0.2, 0.25) is 0 Å². The van der Waals surface area contributed by atoms with Crippen molar-refractivity contribution < 1.29 is 29.9 Å². The van der Waals surface area contributed by atoms with E-state index in [9.17, 15) is 20.4 Å². The summed E-state index contributed by atoms with van der Waals surface area (Å²) in [6, 6.07) is 15.7. The molecule has 1 heterocycles. The molecule has 0 spiro atoms. The van der Waals surface area contributed by atoms with Crippen molar-refractivity contribution in [3.8, 4) is 5.75 Å². The maximum absolute atomic E-state index is 10.3. The lowest BCUT2D eigenvalue weighted by Crippen LogP contribution is -2.60. The van der Waals surface area contributed by atoms with Crippen molar-refractivity contribution in [2.45, 2.75) is 48.9 Å². The highest BCUT2D eigenvalue weighted by Gasteiger charge is 2.45. The summed E-state index contributed by atoms with van der Waals surface area (Å²) in [5.41, 5.74) is 1.99. The van der Waals surface area contributed by atoms with E-state index in [1.807, 2.05) is 12.1 Å². The van der Waals surface area contributed by atoms with Gasteiger partial charge in [0, 0.05) is 11.3 Å². The fourth-order valence-electron chi connectivity index (χ4n) is 3.20. The van der Waals surface area contributed by atoms with Gasteiger partial charge in [0.1, 0.15) is 24.1 Å². The highest BCUT2D eigenvalue weighted by atomic mass is 32.2. The van der Waals surface area contributed by atoms with Crippen LogP contribution in [0, 0.1) is 0 Å². The highest BCUT2D eigenvalue weighted by molar-refractivity contribution is 7.99. The zero-order chi connectivity index (χ0) is 20.1. The van der Waals surface area contributed by atoms with Crippen LogP contribution in [0.3, 0.4) is 0 Å². The van der Waals surface area contributed by atoms with Gasteiger partial charge in [-0.15, -0.1) is 11.8 Å². The lowest BCUT2D eigenvalue weighted by molar-refractivity contribution is -0.280. The average Bonchev–Trinajstić information content (AvgIpc) is 2.71. The van der Waals surface area contributed by atoms with Crippen molar-refractivity contribution >= 4 is 11.8 Å². The minimum atomic E-state index is -1.46. The number of ether oxygens (including phenoxy) is 2. The molecule has 1 aliphatic heterocycles. The van der Waals surface area contributed by atoms with Crippen LogP contribution in [-0.4, -0.2) is 63.5 Å². The third-order valence-corrected chi connectivity index (χ3v) is 5.60. The van der Waals surface area contributed by atoms with Crippen LogP contribution in [0.5, 0.6) is 5.75 Å². The summed E-state index contributed by atoms with van der Waals surface area (Å²) in [6.07, 6.45) is -5.81. The summed E-state index contributed by atoms with van der Waals surface area (Å²) >= 11 is 1.78. The van der Waals surface area contributed by atoms with Crippen LogP contribution in [-0.2, 0) is 11.2 Å². The molecule has 5 atom stereocenters. The normalized spacial score (nSPS) is 27.5.